The van der Waals surface area contributed by atoms with E-state index in [0.29, 0.717) is 6.42 Å². The number of halogens is 4. The molecule has 0 bridgehead atoms. The quantitative estimate of drug-likeness (QED) is 0.860. The lowest BCUT2D eigenvalue weighted by Crippen LogP contribution is -2.36. The average molecular weight is 278 g/mol. The number of alkyl halides is 3. The van der Waals surface area contributed by atoms with Gasteiger partial charge in [-0.15, -0.1) is 0 Å². The Balaban J connectivity index is 2.25. The van der Waals surface area contributed by atoms with Crippen molar-refractivity contribution in [3.05, 3.63) is 34.3 Å². The van der Waals surface area contributed by atoms with Crippen LogP contribution in [0.3, 0.4) is 0 Å². The Bertz CT molecular complexity index is 411. The van der Waals surface area contributed by atoms with Gasteiger partial charge in [0.15, 0.2) is 0 Å². The Kier molecular flexibility index (Phi) is 4.17. The Hall–Kier alpha value is -0.740. The van der Waals surface area contributed by atoms with Crippen LogP contribution in [0.5, 0.6) is 0 Å². The molecule has 18 heavy (non-hydrogen) atoms. The maximum absolute atomic E-state index is 12.9. The molecule has 0 spiro atoms. The first-order chi connectivity index (χ1) is 8.48. The molecule has 1 unspecified atom stereocenters. The van der Waals surface area contributed by atoms with Crippen molar-refractivity contribution >= 4 is 11.6 Å². The SMILES string of the molecule is FC(F)(F)c1cccc(Cl)c1CC1CCCCN1. The summed E-state index contributed by atoms with van der Waals surface area (Å²) < 4.78 is 38.7. The third-order valence-electron chi connectivity index (χ3n) is 3.29. The van der Waals surface area contributed by atoms with E-state index in [0.717, 1.165) is 31.9 Å². The largest absolute Gasteiger partial charge is 0.416 e. The summed E-state index contributed by atoms with van der Waals surface area (Å²) in [7, 11) is 0. The van der Waals surface area contributed by atoms with Crippen LogP contribution >= 0.6 is 11.6 Å². The van der Waals surface area contributed by atoms with Crippen molar-refractivity contribution in [2.24, 2.45) is 0 Å². The first-order valence-corrected chi connectivity index (χ1v) is 6.44. The number of rotatable bonds is 2. The molecule has 0 amide bonds. The summed E-state index contributed by atoms with van der Waals surface area (Å²) in [5.74, 6) is 0. The molecule has 1 N–H and O–H groups in total. The van der Waals surface area contributed by atoms with Crippen LogP contribution in [-0.2, 0) is 12.6 Å². The van der Waals surface area contributed by atoms with Crippen LogP contribution in [0.15, 0.2) is 18.2 Å². The first-order valence-electron chi connectivity index (χ1n) is 6.06. The third-order valence-corrected chi connectivity index (χ3v) is 3.64. The lowest BCUT2D eigenvalue weighted by molar-refractivity contribution is -0.138. The molecule has 100 valence electrons. The topological polar surface area (TPSA) is 12.0 Å². The van der Waals surface area contributed by atoms with E-state index >= 15 is 0 Å². The van der Waals surface area contributed by atoms with Crippen LogP contribution in [-0.4, -0.2) is 12.6 Å². The molecule has 1 fully saturated rings. The smallest absolute Gasteiger partial charge is 0.314 e. The predicted octanol–water partition coefficient (Wildman–Crippen LogP) is 4.04. The zero-order valence-electron chi connectivity index (χ0n) is 9.86. The van der Waals surface area contributed by atoms with Gasteiger partial charge in [-0.3, -0.25) is 0 Å². The van der Waals surface area contributed by atoms with Gasteiger partial charge in [0.05, 0.1) is 5.56 Å². The van der Waals surface area contributed by atoms with E-state index in [1.807, 2.05) is 0 Å². The van der Waals surface area contributed by atoms with Gasteiger partial charge in [-0.25, -0.2) is 0 Å². The molecule has 1 aliphatic heterocycles. The van der Waals surface area contributed by atoms with Crippen molar-refractivity contribution in [3.8, 4) is 0 Å². The fourth-order valence-electron chi connectivity index (χ4n) is 2.38. The van der Waals surface area contributed by atoms with Gasteiger partial charge in [0.1, 0.15) is 0 Å². The first kappa shape index (κ1) is 13.7. The minimum absolute atomic E-state index is 0.0970. The Labute approximate surface area is 109 Å². The maximum atomic E-state index is 12.9. The standard InChI is InChI=1S/C13H15ClF3N/c14-12-6-3-5-11(13(15,16)17)10(12)8-9-4-1-2-7-18-9/h3,5-6,9,18H,1-2,4,7-8H2. The Morgan fingerprint density at radius 3 is 2.67 bits per heavy atom. The van der Waals surface area contributed by atoms with Crippen molar-refractivity contribution < 1.29 is 13.2 Å². The highest BCUT2D eigenvalue weighted by atomic mass is 35.5. The molecule has 0 aromatic heterocycles. The molecule has 5 heteroatoms. The molecule has 1 heterocycles. The molecule has 0 radical (unpaired) electrons. The van der Waals surface area contributed by atoms with E-state index in [4.69, 9.17) is 11.6 Å². The number of nitrogens with one attached hydrogen (secondary N) is 1. The van der Waals surface area contributed by atoms with Crippen LogP contribution in [0.2, 0.25) is 5.02 Å². The maximum Gasteiger partial charge on any atom is 0.416 e. The lowest BCUT2D eigenvalue weighted by atomic mass is 9.94. The summed E-state index contributed by atoms with van der Waals surface area (Å²) in [5.41, 5.74) is -0.395. The van der Waals surface area contributed by atoms with E-state index in [9.17, 15) is 13.2 Å². The van der Waals surface area contributed by atoms with E-state index in [-0.39, 0.29) is 16.6 Å². The van der Waals surface area contributed by atoms with Crippen molar-refractivity contribution in [1.82, 2.24) is 5.32 Å². The second-order valence-corrected chi connectivity index (χ2v) is 5.02. The summed E-state index contributed by atoms with van der Waals surface area (Å²) in [6, 6.07) is 4.07. The summed E-state index contributed by atoms with van der Waals surface area (Å²) in [5, 5.41) is 3.45. The molecule has 1 nitrogen and oxygen atoms in total. The van der Waals surface area contributed by atoms with Gasteiger partial charge in [0.25, 0.3) is 0 Å². The minimum atomic E-state index is -4.34. The molecule has 1 atom stereocenters. The third kappa shape index (κ3) is 3.18. The fraction of sp³-hybridized carbons (Fsp3) is 0.538. The molecular formula is C13H15ClF3N. The second kappa shape index (κ2) is 5.49. The molecule has 1 saturated heterocycles. The van der Waals surface area contributed by atoms with Crippen LogP contribution in [0.4, 0.5) is 13.2 Å². The van der Waals surface area contributed by atoms with Crippen LogP contribution in [0.1, 0.15) is 30.4 Å². The number of hydrogen-bond donors (Lipinski definition) is 1. The van der Waals surface area contributed by atoms with Crippen LogP contribution < -0.4 is 5.32 Å². The normalized spacial score (nSPS) is 21.0. The number of benzene rings is 1. The molecule has 1 aromatic carbocycles. The fourth-order valence-corrected chi connectivity index (χ4v) is 2.63. The number of piperidine rings is 1. The van der Waals surface area contributed by atoms with E-state index in [1.54, 1.807) is 0 Å². The summed E-state index contributed by atoms with van der Waals surface area (Å²) in [4.78, 5) is 0. The molecule has 1 aliphatic rings. The highest BCUT2D eigenvalue weighted by Crippen LogP contribution is 2.36. The van der Waals surface area contributed by atoms with Gasteiger partial charge in [-0.2, -0.15) is 13.2 Å². The zero-order chi connectivity index (χ0) is 13.2. The highest BCUT2D eigenvalue weighted by molar-refractivity contribution is 6.31. The van der Waals surface area contributed by atoms with E-state index in [1.165, 1.54) is 12.1 Å². The van der Waals surface area contributed by atoms with Crippen LogP contribution in [0, 0.1) is 0 Å². The molecule has 2 rings (SSSR count). The molecule has 0 aliphatic carbocycles. The highest BCUT2D eigenvalue weighted by Gasteiger charge is 2.34. The molecule has 1 aromatic rings. The van der Waals surface area contributed by atoms with Gasteiger partial charge < -0.3 is 5.32 Å². The minimum Gasteiger partial charge on any atom is -0.314 e. The van der Waals surface area contributed by atoms with Crippen molar-refractivity contribution in [3.63, 3.8) is 0 Å². The van der Waals surface area contributed by atoms with Gasteiger partial charge >= 0.3 is 6.18 Å². The van der Waals surface area contributed by atoms with Gasteiger partial charge in [-0.05, 0) is 43.5 Å². The predicted molar refractivity (Wildman–Crippen MR) is 65.8 cm³/mol. The summed E-state index contributed by atoms with van der Waals surface area (Å²) in [6.45, 7) is 0.871. The van der Waals surface area contributed by atoms with E-state index in [2.05, 4.69) is 5.32 Å². The zero-order valence-corrected chi connectivity index (χ0v) is 10.6. The number of hydrogen-bond acceptors (Lipinski definition) is 1. The van der Waals surface area contributed by atoms with Crippen molar-refractivity contribution in [2.75, 3.05) is 6.54 Å². The second-order valence-electron chi connectivity index (χ2n) is 4.61. The van der Waals surface area contributed by atoms with Gasteiger partial charge in [0, 0.05) is 11.1 Å². The lowest BCUT2D eigenvalue weighted by Gasteiger charge is -2.25. The van der Waals surface area contributed by atoms with Crippen LogP contribution in [0.25, 0.3) is 0 Å². The Morgan fingerprint density at radius 1 is 1.28 bits per heavy atom. The summed E-state index contributed by atoms with van der Waals surface area (Å²) >= 11 is 5.93. The van der Waals surface area contributed by atoms with Crippen molar-refractivity contribution in [2.45, 2.75) is 37.9 Å². The average Bonchev–Trinajstić information content (AvgIpc) is 2.32. The summed E-state index contributed by atoms with van der Waals surface area (Å²) in [6.07, 6.45) is -0.944. The van der Waals surface area contributed by atoms with Gasteiger partial charge in [-0.1, -0.05) is 24.1 Å². The monoisotopic (exact) mass is 277 g/mol. The molecule has 0 saturated carbocycles. The molecular weight excluding hydrogens is 263 g/mol. The van der Waals surface area contributed by atoms with Gasteiger partial charge in [0.2, 0.25) is 0 Å². The van der Waals surface area contributed by atoms with Crippen molar-refractivity contribution in [1.29, 1.82) is 0 Å². The van der Waals surface area contributed by atoms with E-state index < -0.39 is 11.7 Å². The Morgan fingerprint density at radius 2 is 2.06 bits per heavy atom.